The Kier molecular flexibility index (Phi) is 10.4. The van der Waals surface area contributed by atoms with E-state index in [0.29, 0.717) is 54.7 Å². The van der Waals surface area contributed by atoms with Crippen LogP contribution in [0, 0.1) is 120 Å². The van der Waals surface area contributed by atoms with Gasteiger partial charge < -0.3 is 0 Å². The predicted octanol–water partition coefficient (Wildman–Crippen LogP) is 16.4. The Bertz CT molecular complexity index is 1350. The summed E-state index contributed by atoms with van der Waals surface area (Å²) < 4.78 is 0. The molecule has 6 saturated carbocycles. The molecule has 18 unspecified atom stereocenters. The molecule has 18 atom stereocenters. The van der Waals surface area contributed by atoms with Crippen molar-refractivity contribution in [2.75, 3.05) is 0 Å². The number of hydrogen-bond acceptors (Lipinski definition) is 0. The minimum atomic E-state index is 0.302. The third-order valence-corrected chi connectivity index (χ3v) is 23.3. The van der Waals surface area contributed by atoms with Gasteiger partial charge in [0.2, 0.25) is 0 Å². The summed E-state index contributed by atoms with van der Waals surface area (Å²) in [5.41, 5.74) is 3.76. The summed E-state index contributed by atoms with van der Waals surface area (Å²) in [7, 11) is 0. The lowest BCUT2D eigenvalue weighted by molar-refractivity contribution is -0.274. The molecule has 6 fully saturated rings. The van der Waals surface area contributed by atoms with Gasteiger partial charge in [0.1, 0.15) is 0 Å². The molecule has 6 rings (SSSR count). The summed E-state index contributed by atoms with van der Waals surface area (Å²) in [6.07, 6.45) is 17.5. The van der Waals surface area contributed by atoms with Crippen LogP contribution >= 0.6 is 0 Å². The van der Waals surface area contributed by atoms with Gasteiger partial charge >= 0.3 is 0 Å². The topological polar surface area (TPSA) is 0 Å². The molecule has 0 aromatic rings. The van der Waals surface area contributed by atoms with Crippen LogP contribution in [0.3, 0.4) is 0 Å². The highest BCUT2D eigenvalue weighted by atomic mass is 15.0. The number of rotatable bonds is 15. The van der Waals surface area contributed by atoms with Gasteiger partial charge in [-0.15, -0.1) is 0 Å². The van der Waals surface area contributed by atoms with Gasteiger partial charge in [0.05, 0.1) is 0 Å². The molecular formula is C53H96. The van der Waals surface area contributed by atoms with E-state index in [9.17, 15) is 0 Å². The Balaban J connectivity index is 1.23. The van der Waals surface area contributed by atoms with Crippen LogP contribution in [0.25, 0.3) is 0 Å². The van der Waals surface area contributed by atoms with Crippen molar-refractivity contribution in [1.29, 1.82) is 0 Å². The molecule has 0 heterocycles. The van der Waals surface area contributed by atoms with E-state index >= 15 is 0 Å². The van der Waals surface area contributed by atoms with Crippen LogP contribution in [0.2, 0.25) is 0 Å². The van der Waals surface area contributed by atoms with Crippen molar-refractivity contribution in [2.24, 2.45) is 120 Å². The standard InChI is InChI=1S/C53H96/c1-33(2)50(19)46(14,15)48(17)31-52(48)32-49(52,18)53(47(16)26-24-39(47)8,51(50,20)44-29-38(44)7)25-22-21-23-34(3)40(9)35(4)27-37(6)43(30-45(11,12)13)42-28-36(5)41(42)10/h33-44H,21-32H2,1-20H3. The van der Waals surface area contributed by atoms with E-state index in [2.05, 4.69) is 138 Å². The first kappa shape index (κ1) is 42.6. The summed E-state index contributed by atoms with van der Waals surface area (Å²) in [6.45, 7) is 53.7. The smallest absolute Gasteiger partial charge is 0.0119 e. The summed E-state index contributed by atoms with van der Waals surface area (Å²) in [5.74, 6) is 10.2. The molecule has 0 N–H and O–H groups in total. The first-order chi connectivity index (χ1) is 24.1. The Morgan fingerprint density at radius 2 is 1.28 bits per heavy atom. The normalized spacial score (nSPS) is 51.1. The van der Waals surface area contributed by atoms with Gasteiger partial charge in [0.25, 0.3) is 0 Å². The summed E-state index contributed by atoms with van der Waals surface area (Å²) in [4.78, 5) is 0. The molecule has 1 spiro atoms. The minimum absolute atomic E-state index is 0.302. The lowest BCUT2D eigenvalue weighted by atomic mass is 9.29. The van der Waals surface area contributed by atoms with Crippen molar-refractivity contribution in [3.8, 4) is 0 Å². The molecule has 0 aromatic carbocycles. The lowest BCUT2D eigenvalue weighted by Gasteiger charge is -2.75. The minimum Gasteiger partial charge on any atom is -0.0622 e. The third kappa shape index (κ3) is 5.41. The van der Waals surface area contributed by atoms with Crippen LogP contribution in [0.1, 0.15) is 216 Å². The van der Waals surface area contributed by atoms with Crippen molar-refractivity contribution >= 4 is 0 Å². The van der Waals surface area contributed by atoms with Gasteiger partial charge in [0, 0.05) is 0 Å². The molecule has 0 heteroatoms. The zero-order valence-electron chi connectivity index (χ0n) is 39.9. The molecule has 0 aliphatic heterocycles. The van der Waals surface area contributed by atoms with Crippen LogP contribution in [0.4, 0.5) is 0 Å². The third-order valence-electron chi connectivity index (χ3n) is 23.3. The van der Waals surface area contributed by atoms with E-state index in [-0.39, 0.29) is 0 Å². The van der Waals surface area contributed by atoms with E-state index in [0.717, 1.165) is 65.1 Å². The monoisotopic (exact) mass is 733 g/mol. The summed E-state index contributed by atoms with van der Waals surface area (Å²) in [5, 5.41) is 0. The highest BCUT2D eigenvalue weighted by Crippen LogP contribution is 3.04. The molecule has 0 nitrogen and oxygen atoms in total. The van der Waals surface area contributed by atoms with E-state index in [1.807, 2.05) is 0 Å². The molecule has 6 aliphatic carbocycles. The maximum atomic E-state index is 2.97. The zero-order chi connectivity index (χ0) is 39.9. The Morgan fingerprint density at radius 3 is 1.74 bits per heavy atom. The fourth-order valence-electron chi connectivity index (χ4n) is 18.3. The van der Waals surface area contributed by atoms with Crippen molar-refractivity contribution in [1.82, 2.24) is 0 Å². The second-order valence-electron chi connectivity index (χ2n) is 26.3. The molecule has 53 heavy (non-hydrogen) atoms. The summed E-state index contributed by atoms with van der Waals surface area (Å²) >= 11 is 0. The maximum absolute atomic E-state index is 2.97. The van der Waals surface area contributed by atoms with Gasteiger partial charge in [0.15, 0.2) is 0 Å². The quantitative estimate of drug-likeness (QED) is 0.147. The largest absolute Gasteiger partial charge is 0.0622 e. The van der Waals surface area contributed by atoms with Gasteiger partial charge in [-0.2, -0.15) is 0 Å². The molecule has 0 aromatic heterocycles. The van der Waals surface area contributed by atoms with Crippen LogP contribution in [0.15, 0.2) is 0 Å². The molecule has 0 radical (unpaired) electrons. The fraction of sp³-hybridized carbons (Fsp3) is 1.00. The highest BCUT2D eigenvalue weighted by Gasteiger charge is 2.98. The van der Waals surface area contributed by atoms with Gasteiger partial charge in [-0.3, -0.25) is 0 Å². The first-order valence-electron chi connectivity index (χ1n) is 24.1. The molecule has 0 bridgehead atoms. The van der Waals surface area contributed by atoms with Crippen molar-refractivity contribution in [2.45, 2.75) is 216 Å². The van der Waals surface area contributed by atoms with Gasteiger partial charge in [-0.1, -0.05) is 158 Å². The number of hydrogen-bond donors (Lipinski definition) is 0. The first-order valence-corrected chi connectivity index (χ1v) is 24.1. The van der Waals surface area contributed by atoms with Crippen molar-refractivity contribution in [3.05, 3.63) is 0 Å². The average molecular weight is 733 g/mol. The fourth-order valence-corrected chi connectivity index (χ4v) is 18.3. The van der Waals surface area contributed by atoms with Crippen molar-refractivity contribution in [3.63, 3.8) is 0 Å². The van der Waals surface area contributed by atoms with Crippen molar-refractivity contribution < 1.29 is 0 Å². The maximum Gasteiger partial charge on any atom is -0.0119 e. The van der Waals surface area contributed by atoms with E-state index in [1.54, 1.807) is 0 Å². The zero-order valence-corrected chi connectivity index (χ0v) is 39.9. The van der Waals surface area contributed by atoms with E-state index < -0.39 is 0 Å². The lowest BCUT2D eigenvalue weighted by Crippen LogP contribution is -2.69. The van der Waals surface area contributed by atoms with Crippen LogP contribution in [-0.2, 0) is 0 Å². The SMILES string of the molecule is CC(CCCCC1(C2(C)CCC2C)C2(C)CC23CC3(C)C(C)(C)C(C)(C(C)C)C1(C)C1CC1C)C(C)C(C)CC(C)C(CC(C)(C)C)C1CC(C)C1C. The van der Waals surface area contributed by atoms with E-state index in [4.69, 9.17) is 0 Å². The average Bonchev–Trinajstić information content (AvgIpc) is 4.02. The Hall–Kier alpha value is 0. The highest BCUT2D eigenvalue weighted by molar-refractivity contribution is 5.45. The second-order valence-corrected chi connectivity index (χ2v) is 26.3. The van der Waals surface area contributed by atoms with Crippen LogP contribution < -0.4 is 0 Å². The van der Waals surface area contributed by atoms with Crippen LogP contribution in [0.5, 0.6) is 0 Å². The Labute approximate surface area is 334 Å². The second kappa shape index (κ2) is 13.0. The molecule has 6 aliphatic rings. The predicted molar refractivity (Wildman–Crippen MR) is 233 cm³/mol. The number of unbranched alkanes of at least 4 members (excludes halogenated alkanes) is 1. The molecular weight excluding hydrogens is 637 g/mol. The molecule has 0 saturated heterocycles. The van der Waals surface area contributed by atoms with Crippen LogP contribution in [-0.4, -0.2) is 0 Å². The van der Waals surface area contributed by atoms with Gasteiger partial charge in [-0.05, 0) is 178 Å². The Morgan fingerprint density at radius 1 is 0.698 bits per heavy atom. The molecule has 0 amide bonds. The molecule has 308 valence electrons. The summed E-state index contributed by atoms with van der Waals surface area (Å²) in [6, 6.07) is 0. The van der Waals surface area contributed by atoms with Gasteiger partial charge in [-0.25, -0.2) is 0 Å². The van der Waals surface area contributed by atoms with E-state index in [1.165, 1.54) is 77.0 Å².